The van der Waals surface area contributed by atoms with Gasteiger partial charge < -0.3 is 5.32 Å². The van der Waals surface area contributed by atoms with Gasteiger partial charge in [0.15, 0.2) is 0 Å². The summed E-state index contributed by atoms with van der Waals surface area (Å²) in [6.45, 7) is 3.73. The Morgan fingerprint density at radius 1 is 1.50 bits per heavy atom. The lowest BCUT2D eigenvalue weighted by molar-refractivity contribution is 0.450. The largest absolute Gasteiger partial charge is 0.317 e. The molecule has 0 radical (unpaired) electrons. The molecule has 1 unspecified atom stereocenters. The molecule has 0 amide bonds. The van der Waals surface area contributed by atoms with Gasteiger partial charge in [0.2, 0.25) is 0 Å². The first-order valence-electron chi connectivity index (χ1n) is 5.16. The van der Waals surface area contributed by atoms with Crippen LogP contribution >= 0.6 is 0 Å². The van der Waals surface area contributed by atoms with Crippen LogP contribution in [0.1, 0.15) is 38.5 Å². The van der Waals surface area contributed by atoms with E-state index >= 15 is 0 Å². The smallest absolute Gasteiger partial charge is 0.00923 e. The number of unbranched alkanes of at least 4 members (excludes halogenated alkanes) is 2. The van der Waals surface area contributed by atoms with Gasteiger partial charge in [0.25, 0.3) is 0 Å². The van der Waals surface area contributed by atoms with E-state index in [-0.39, 0.29) is 0 Å². The maximum Gasteiger partial charge on any atom is 0.00923 e. The molecule has 1 N–H and O–H groups in total. The van der Waals surface area contributed by atoms with Crippen LogP contribution in [0.3, 0.4) is 0 Å². The zero-order valence-corrected chi connectivity index (χ0v) is 8.18. The van der Waals surface area contributed by atoms with Gasteiger partial charge in [0, 0.05) is 6.04 Å². The molecule has 0 aromatic rings. The third-order valence-electron chi connectivity index (χ3n) is 2.74. The molecule has 0 bridgehead atoms. The fourth-order valence-corrected chi connectivity index (χ4v) is 1.77. The summed E-state index contributed by atoms with van der Waals surface area (Å²) >= 11 is 0. The molecule has 1 nitrogen and oxygen atoms in total. The molecular formula is C11H21N. The average Bonchev–Trinajstić information content (AvgIpc) is 2.88. The lowest BCUT2D eigenvalue weighted by Crippen LogP contribution is -2.26. The van der Waals surface area contributed by atoms with Crippen molar-refractivity contribution in [2.75, 3.05) is 7.05 Å². The Hall–Kier alpha value is -0.300. The monoisotopic (exact) mass is 167 g/mol. The van der Waals surface area contributed by atoms with E-state index in [1.54, 1.807) is 0 Å². The molecule has 0 spiro atoms. The van der Waals surface area contributed by atoms with Gasteiger partial charge in [0.1, 0.15) is 0 Å². The van der Waals surface area contributed by atoms with Crippen molar-refractivity contribution in [3.8, 4) is 0 Å². The molecule has 12 heavy (non-hydrogen) atoms. The Labute approximate surface area is 76.2 Å². The van der Waals surface area contributed by atoms with E-state index in [4.69, 9.17) is 0 Å². The molecule has 1 aliphatic rings. The standard InChI is InChI=1S/C11H21N/c1-3-4-5-6-7-11(12-2)10-8-9-10/h3,10-12H,1,4-9H2,2H3. The van der Waals surface area contributed by atoms with Gasteiger partial charge in [-0.25, -0.2) is 0 Å². The Morgan fingerprint density at radius 2 is 2.25 bits per heavy atom. The van der Waals surface area contributed by atoms with Crippen molar-refractivity contribution in [1.29, 1.82) is 0 Å². The van der Waals surface area contributed by atoms with Gasteiger partial charge in [-0.2, -0.15) is 0 Å². The minimum Gasteiger partial charge on any atom is -0.317 e. The Bertz CT molecular complexity index is 127. The molecular weight excluding hydrogens is 146 g/mol. The van der Waals surface area contributed by atoms with Gasteiger partial charge in [-0.15, -0.1) is 6.58 Å². The molecule has 0 heterocycles. The van der Waals surface area contributed by atoms with Crippen molar-refractivity contribution in [2.24, 2.45) is 5.92 Å². The van der Waals surface area contributed by atoms with E-state index in [0.29, 0.717) is 0 Å². The minimum atomic E-state index is 0.801. The van der Waals surface area contributed by atoms with Crippen molar-refractivity contribution in [2.45, 2.75) is 44.6 Å². The van der Waals surface area contributed by atoms with E-state index in [0.717, 1.165) is 12.0 Å². The van der Waals surface area contributed by atoms with Crippen LogP contribution in [0.2, 0.25) is 0 Å². The van der Waals surface area contributed by atoms with E-state index in [9.17, 15) is 0 Å². The van der Waals surface area contributed by atoms with Crippen molar-refractivity contribution in [3.05, 3.63) is 12.7 Å². The predicted octanol–water partition coefficient (Wildman–Crippen LogP) is 2.73. The molecule has 1 aliphatic carbocycles. The number of allylic oxidation sites excluding steroid dienone is 1. The fraction of sp³-hybridized carbons (Fsp3) is 0.818. The highest BCUT2D eigenvalue weighted by Crippen LogP contribution is 2.34. The summed E-state index contributed by atoms with van der Waals surface area (Å²) in [5, 5.41) is 3.42. The molecule has 1 atom stereocenters. The van der Waals surface area contributed by atoms with Crippen LogP contribution in [0.4, 0.5) is 0 Å². The number of rotatable bonds is 7. The first-order valence-corrected chi connectivity index (χ1v) is 5.16. The summed E-state index contributed by atoms with van der Waals surface area (Å²) in [7, 11) is 2.09. The van der Waals surface area contributed by atoms with Crippen LogP contribution in [0.5, 0.6) is 0 Å². The molecule has 0 aromatic heterocycles. The molecule has 1 heteroatoms. The highest BCUT2D eigenvalue weighted by molar-refractivity contribution is 4.85. The molecule has 1 saturated carbocycles. The van der Waals surface area contributed by atoms with Gasteiger partial charge >= 0.3 is 0 Å². The second kappa shape index (κ2) is 5.36. The number of hydrogen-bond donors (Lipinski definition) is 1. The molecule has 0 aliphatic heterocycles. The van der Waals surface area contributed by atoms with Gasteiger partial charge in [-0.3, -0.25) is 0 Å². The Balaban J connectivity index is 1.98. The quantitative estimate of drug-likeness (QED) is 0.454. The van der Waals surface area contributed by atoms with Crippen LogP contribution in [0.25, 0.3) is 0 Å². The van der Waals surface area contributed by atoms with Crippen LogP contribution in [-0.2, 0) is 0 Å². The van der Waals surface area contributed by atoms with Crippen LogP contribution < -0.4 is 5.32 Å². The lowest BCUT2D eigenvalue weighted by Gasteiger charge is -2.14. The summed E-state index contributed by atoms with van der Waals surface area (Å²) in [4.78, 5) is 0. The van der Waals surface area contributed by atoms with E-state index in [1.807, 2.05) is 6.08 Å². The van der Waals surface area contributed by atoms with Crippen molar-refractivity contribution < 1.29 is 0 Å². The van der Waals surface area contributed by atoms with E-state index in [2.05, 4.69) is 18.9 Å². The van der Waals surface area contributed by atoms with Crippen molar-refractivity contribution in [1.82, 2.24) is 5.32 Å². The maximum absolute atomic E-state index is 3.73. The summed E-state index contributed by atoms with van der Waals surface area (Å²) < 4.78 is 0. The number of nitrogens with one attached hydrogen (secondary N) is 1. The van der Waals surface area contributed by atoms with Crippen LogP contribution in [0.15, 0.2) is 12.7 Å². The normalized spacial score (nSPS) is 19.1. The molecule has 1 fully saturated rings. The van der Waals surface area contributed by atoms with Gasteiger partial charge in [-0.1, -0.05) is 12.5 Å². The molecule has 0 saturated heterocycles. The highest BCUT2D eigenvalue weighted by Gasteiger charge is 2.29. The lowest BCUT2D eigenvalue weighted by atomic mass is 10.0. The predicted molar refractivity (Wildman–Crippen MR) is 54.2 cm³/mol. The first kappa shape index (κ1) is 9.79. The Kier molecular flexibility index (Phi) is 4.37. The number of hydrogen-bond acceptors (Lipinski definition) is 1. The molecule has 0 aromatic carbocycles. The SMILES string of the molecule is C=CCCCCC(NC)C1CC1. The summed E-state index contributed by atoms with van der Waals surface area (Å²) in [5.41, 5.74) is 0. The zero-order valence-electron chi connectivity index (χ0n) is 8.18. The third kappa shape index (κ3) is 3.40. The summed E-state index contributed by atoms with van der Waals surface area (Å²) in [6, 6.07) is 0.801. The minimum absolute atomic E-state index is 0.801. The molecule has 70 valence electrons. The second-order valence-corrected chi connectivity index (χ2v) is 3.81. The summed E-state index contributed by atoms with van der Waals surface area (Å²) in [6.07, 6.45) is 10.1. The maximum atomic E-state index is 3.73. The Morgan fingerprint density at radius 3 is 2.75 bits per heavy atom. The highest BCUT2D eigenvalue weighted by atomic mass is 14.9. The van der Waals surface area contributed by atoms with Crippen molar-refractivity contribution in [3.63, 3.8) is 0 Å². The third-order valence-corrected chi connectivity index (χ3v) is 2.74. The van der Waals surface area contributed by atoms with E-state index < -0.39 is 0 Å². The zero-order chi connectivity index (χ0) is 8.81. The van der Waals surface area contributed by atoms with Gasteiger partial charge in [-0.05, 0) is 45.1 Å². The molecule has 1 rings (SSSR count). The summed E-state index contributed by atoms with van der Waals surface area (Å²) in [5.74, 6) is 0.999. The van der Waals surface area contributed by atoms with Gasteiger partial charge in [0.05, 0.1) is 0 Å². The fourth-order valence-electron chi connectivity index (χ4n) is 1.77. The topological polar surface area (TPSA) is 12.0 Å². The van der Waals surface area contributed by atoms with Crippen molar-refractivity contribution >= 4 is 0 Å². The van der Waals surface area contributed by atoms with Crippen LogP contribution in [0, 0.1) is 5.92 Å². The second-order valence-electron chi connectivity index (χ2n) is 3.81. The first-order chi connectivity index (χ1) is 5.88. The van der Waals surface area contributed by atoms with Crippen LogP contribution in [-0.4, -0.2) is 13.1 Å². The van der Waals surface area contributed by atoms with E-state index in [1.165, 1.54) is 38.5 Å². The average molecular weight is 167 g/mol.